The van der Waals surface area contributed by atoms with E-state index in [2.05, 4.69) is 60.6 Å². The molecule has 0 unspecified atom stereocenters. The maximum Gasteiger partial charge on any atom is 0.191 e. The van der Waals surface area contributed by atoms with Gasteiger partial charge < -0.3 is 10.6 Å². The lowest BCUT2D eigenvalue weighted by atomic mass is 10.1. The molecule has 1 aromatic carbocycles. The Bertz CT molecular complexity index is 671. The summed E-state index contributed by atoms with van der Waals surface area (Å²) in [4.78, 5) is 4.29. The molecule has 130 valence electrons. The van der Waals surface area contributed by atoms with Gasteiger partial charge in [-0.1, -0.05) is 32.0 Å². The Morgan fingerprint density at radius 2 is 1.88 bits per heavy atom. The Hall–Kier alpha value is -2.30. The maximum atomic E-state index is 4.69. The van der Waals surface area contributed by atoms with Crippen molar-refractivity contribution in [2.75, 3.05) is 13.6 Å². The van der Waals surface area contributed by atoms with Crippen LogP contribution < -0.4 is 10.6 Å². The lowest BCUT2D eigenvalue weighted by Crippen LogP contribution is -2.37. The van der Waals surface area contributed by atoms with Crippen LogP contribution in [0.4, 0.5) is 0 Å². The molecule has 0 fully saturated rings. The molecule has 0 bridgehead atoms. The lowest BCUT2D eigenvalue weighted by Gasteiger charge is -2.13. The predicted octanol–water partition coefficient (Wildman–Crippen LogP) is 3.20. The molecular weight excluding hydrogens is 298 g/mol. The molecular formula is C19H29N5. The van der Waals surface area contributed by atoms with Crippen molar-refractivity contribution in [3.8, 4) is 5.69 Å². The first kappa shape index (κ1) is 18.0. The van der Waals surface area contributed by atoms with E-state index in [1.54, 1.807) is 7.05 Å². The molecule has 0 aliphatic carbocycles. The summed E-state index contributed by atoms with van der Waals surface area (Å²) in [7, 11) is 1.80. The molecule has 0 spiro atoms. The van der Waals surface area contributed by atoms with Gasteiger partial charge in [-0.3, -0.25) is 4.99 Å². The van der Waals surface area contributed by atoms with Crippen LogP contribution in [-0.2, 0) is 6.54 Å². The molecule has 0 radical (unpaired) electrons. The van der Waals surface area contributed by atoms with Gasteiger partial charge in [0, 0.05) is 31.4 Å². The number of guanidine groups is 1. The van der Waals surface area contributed by atoms with Crippen LogP contribution in [-0.4, -0.2) is 29.3 Å². The van der Waals surface area contributed by atoms with Crippen molar-refractivity contribution >= 4 is 5.96 Å². The summed E-state index contributed by atoms with van der Waals surface area (Å²) in [5, 5.41) is 11.4. The van der Waals surface area contributed by atoms with Crippen LogP contribution in [0.3, 0.4) is 0 Å². The minimum absolute atomic E-state index is 0.684. The summed E-state index contributed by atoms with van der Waals surface area (Å²) in [5.41, 5.74) is 4.50. The van der Waals surface area contributed by atoms with Gasteiger partial charge in [-0.05, 0) is 38.3 Å². The van der Waals surface area contributed by atoms with Crippen LogP contribution >= 0.6 is 0 Å². The van der Waals surface area contributed by atoms with Crippen LogP contribution in [0.25, 0.3) is 5.69 Å². The second kappa shape index (κ2) is 8.52. The molecule has 0 saturated carbocycles. The van der Waals surface area contributed by atoms with Crippen molar-refractivity contribution in [3.05, 3.63) is 47.3 Å². The summed E-state index contributed by atoms with van der Waals surface area (Å²) in [6.07, 6.45) is 1.13. The number of nitrogens with zero attached hydrogens (tertiary/aromatic N) is 3. The van der Waals surface area contributed by atoms with Crippen LogP contribution in [0.1, 0.15) is 37.2 Å². The number of nitrogens with one attached hydrogen (secondary N) is 2. The van der Waals surface area contributed by atoms with E-state index in [9.17, 15) is 0 Å². The van der Waals surface area contributed by atoms with E-state index in [-0.39, 0.29) is 0 Å². The highest BCUT2D eigenvalue weighted by Crippen LogP contribution is 2.17. The Morgan fingerprint density at radius 3 is 2.50 bits per heavy atom. The highest BCUT2D eigenvalue weighted by molar-refractivity contribution is 5.79. The molecule has 2 N–H and O–H groups in total. The maximum absolute atomic E-state index is 4.69. The molecule has 2 aromatic rings. The highest BCUT2D eigenvalue weighted by Gasteiger charge is 2.13. The van der Waals surface area contributed by atoms with E-state index in [0.29, 0.717) is 12.5 Å². The molecule has 5 heteroatoms. The van der Waals surface area contributed by atoms with Crippen molar-refractivity contribution in [2.24, 2.45) is 10.9 Å². The van der Waals surface area contributed by atoms with Gasteiger partial charge in [0.15, 0.2) is 5.96 Å². The molecule has 1 aromatic heterocycles. The van der Waals surface area contributed by atoms with Crippen molar-refractivity contribution in [3.63, 3.8) is 0 Å². The molecule has 1 heterocycles. The third-order valence-electron chi connectivity index (χ3n) is 4.11. The summed E-state index contributed by atoms with van der Waals surface area (Å²) in [6.45, 7) is 10.3. The predicted molar refractivity (Wildman–Crippen MR) is 101 cm³/mol. The fourth-order valence-electron chi connectivity index (χ4n) is 2.62. The number of benzene rings is 1. The minimum atomic E-state index is 0.684. The first-order chi connectivity index (χ1) is 11.5. The minimum Gasteiger partial charge on any atom is -0.356 e. The monoisotopic (exact) mass is 327 g/mol. The quantitative estimate of drug-likeness (QED) is 0.633. The zero-order valence-electron chi connectivity index (χ0n) is 15.4. The SMILES string of the molecule is CN=C(NCCC(C)C)NCc1c(C)nn(-c2ccccc2)c1C. The van der Waals surface area contributed by atoms with Crippen LogP contribution in [0.5, 0.6) is 0 Å². The van der Waals surface area contributed by atoms with Gasteiger partial charge in [-0.2, -0.15) is 5.10 Å². The van der Waals surface area contributed by atoms with E-state index in [1.165, 1.54) is 5.56 Å². The number of hydrogen-bond acceptors (Lipinski definition) is 2. The van der Waals surface area contributed by atoms with Gasteiger partial charge in [0.1, 0.15) is 0 Å². The van der Waals surface area contributed by atoms with Crippen LogP contribution in [0.2, 0.25) is 0 Å². The number of hydrogen-bond donors (Lipinski definition) is 2. The van der Waals surface area contributed by atoms with Gasteiger partial charge in [0.05, 0.1) is 11.4 Å². The van der Waals surface area contributed by atoms with Crippen molar-refractivity contribution in [1.29, 1.82) is 0 Å². The Balaban J connectivity index is 2.04. The first-order valence-corrected chi connectivity index (χ1v) is 8.58. The number of aliphatic imine (C=N–C) groups is 1. The molecule has 0 aliphatic heterocycles. The summed E-state index contributed by atoms with van der Waals surface area (Å²) >= 11 is 0. The summed E-state index contributed by atoms with van der Waals surface area (Å²) in [5.74, 6) is 1.52. The average molecular weight is 327 g/mol. The van der Waals surface area contributed by atoms with E-state index in [4.69, 9.17) is 0 Å². The number of rotatable bonds is 6. The number of para-hydroxylation sites is 1. The van der Waals surface area contributed by atoms with Gasteiger partial charge >= 0.3 is 0 Å². The molecule has 0 atom stereocenters. The largest absolute Gasteiger partial charge is 0.356 e. The van der Waals surface area contributed by atoms with Gasteiger partial charge in [0.2, 0.25) is 0 Å². The molecule has 5 nitrogen and oxygen atoms in total. The Kier molecular flexibility index (Phi) is 6.41. The standard InChI is InChI=1S/C19H29N5/c1-14(2)11-12-21-19(20-5)22-13-18-15(3)23-24(16(18)4)17-9-7-6-8-10-17/h6-10,14H,11-13H2,1-5H3,(H2,20,21,22). The Labute approximate surface area is 145 Å². The van der Waals surface area contributed by atoms with Gasteiger partial charge in [-0.25, -0.2) is 4.68 Å². The molecule has 0 aliphatic rings. The van der Waals surface area contributed by atoms with Crippen molar-refractivity contribution in [1.82, 2.24) is 20.4 Å². The zero-order valence-corrected chi connectivity index (χ0v) is 15.4. The zero-order chi connectivity index (χ0) is 17.5. The van der Waals surface area contributed by atoms with E-state index in [0.717, 1.165) is 36.0 Å². The van der Waals surface area contributed by atoms with Crippen LogP contribution in [0.15, 0.2) is 35.3 Å². The molecule has 2 rings (SSSR count). The number of aryl methyl sites for hydroxylation is 1. The molecule has 0 amide bonds. The van der Waals surface area contributed by atoms with E-state index < -0.39 is 0 Å². The van der Waals surface area contributed by atoms with Gasteiger partial charge in [-0.15, -0.1) is 0 Å². The normalized spacial score (nSPS) is 11.8. The molecule has 24 heavy (non-hydrogen) atoms. The third kappa shape index (κ3) is 4.60. The lowest BCUT2D eigenvalue weighted by molar-refractivity contribution is 0.573. The topological polar surface area (TPSA) is 54.2 Å². The van der Waals surface area contributed by atoms with Gasteiger partial charge in [0.25, 0.3) is 0 Å². The van der Waals surface area contributed by atoms with Crippen molar-refractivity contribution < 1.29 is 0 Å². The first-order valence-electron chi connectivity index (χ1n) is 8.58. The van der Waals surface area contributed by atoms with E-state index >= 15 is 0 Å². The summed E-state index contributed by atoms with van der Waals surface area (Å²) < 4.78 is 2.00. The van der Waals surface area contributed by atoms with Crippen molar-refractivity contribution in [2.45, 2.75) is 40.7 Å². The number of aromatic nitrogens is 2. The van der Waals surface area contributed by atoms with Crippen LogP contribution in [0, 0.1) is 19.8 Å². The second-order valence-corrected chi connectivity index (χ2v) is 6.43. The smallest absolute Gasteiger partial charge is 0.191 e. The second-order valence-electron chi connectivity index (χ2n) is 6.43. The Morgan fingerprint density at radius 1 is 1.17 bits per heavy atom. The fourth-order valence-corrected chi connectivity index (χ4v) is 2.62. The summed E-state index contributed by atoms with van der Waals surface area (Å²) in [6, 6.07) is 10.2. The highest BCUT2D eigenvalue weighted by atomic mass is 15.3. The molecule has 0 saturated heterocycles. The average Bonchev–Trinajstić information content (AvgIpc) is 2.86. The van der Waals surface area contributed by atoms with E-state index in [1.807, 2.05) is 22.9 Å². The third-order valence-corrected chi connectivity index (χ3v) is 4.11. The fraction of sp³-hybridized carbons (Fsp3) is 0.474.